The van der Waals surface area contributed by atoms with Crippen LogP contribution in [-0.2, 0) is 0 Å². The van der Waals surface area contributed by atoms with Gasteiger partial charge in [-0.05, 0) is 19.3 Å². The van der Waals surface area contributed by atoms with E-state index in [4.69, 9.17) is 10.5 Å². The lowest BCUT2D eigenvalue weighted by Gasteiger charge is -2.27. The van der Waals surface area contributed by atoms with Crippen LogP contribution in [0.3, 0.4) is 0 Å². The minimum absolute atomic E-state index is 0.00695. The Hall–Kier alpha value is -1.66. The van der Waals surface area contributed by atoms with Crippen molar-refractivity contribution in [2.45, 2.75) is 38.4 Å². The number of hydrogen-bond donors (Lipinski definition) is 1. The van der Waals surface area contributed by atoms with E-state index in [0.717, 1.165) is 6.07 Å². The van der Waals surface area contributed by atoms with Crippen LogP contribution in [0.5, 0.6) is 5.75 Å². The zero-order valence-electron chi connectivity index (χ0n) is 11.7. The van der Waals surface area contributed by atoms with Crippen LogP contribution in [0.15, 0.2) is 12.1 Å². The van der Waals surface area contributed by atoms with Crippen molar-refractivity contribution in [3.8, 4) is 5.75 Å². The fourth-order valence-electron chi connectivity index (χ4n) is 2.12. The predicted octanol–water partition coefficient (Wildman–Crippen LogP) is 3.73. The second-order valence-corrected chi connectivity index (χ2v) is 5.16. The Morgan fingerprint density at radius 3 is 2.52 bits per heavy atom. The molecule has 1 saturated carbocycles. The summed E-state index contributed by atoms with van der Waals surface area (Å²) in [6, 6.07) is 2.09. The fraction of sp³-hybridized carbons (Fsp3) is 0.571. The lowest BCUT2D eigenvalue weighted by atomic mass is 10.2. The van der Waals surface area contributed by atoms with Crippen LogP contribution < -0.4 is 15.4 Å². The number of ether oxygens (including phenoxy) is 1. The molecule has 2 N–H and O–H groups in total. The minimum Gasteiger partial charge on any atom is -0.490 e. The van der Waals surface area contributed by atoms with E-state index in [2.05, 4.69) is 0 Å². The van der Waals surface area contributed by atoms with Crippen LogP contribution in [-0.4, -0.2) is 25.4 Å². The first kappa shape index (κ1) is 15.7. The standard InChI is InChI=1S/C14H18F4N2O/c1-2-5-21-13-7-12(11(19)6-10(13)15)20(9-3-4-9)8-14(16,17)18/h6-7,9H,2-5,8,19H2,1H3. The van der Waals surface area contributed by atoms with Crippen LogP contribution in [0.4, 0.5) is 28.9 Å². The molecule has 1 aliphatic rings. The number of nitrogen functional groups attached to an aromatic ring is 1. The number of anilines is 2. The normalized spacial score (nSPS) is 15.1. The van der Waals surface area contributed by atoms with Gasteiger partial charge in [0.1, 0.15) is 6.54 Å². The Balaban J connectivity index is 2.30. The first-order valence-electron chi connectivity index (χ1n) is 6.87. The molecular weight excluding hydrogens is 288 g/mol. The number of hydrogen-bond acceptors (Lipinski definition) is 3. The summed E-state index contributed by atoms with van der Waals surface area (Å²) in [5.41, 5.74) is 5.88. The van der Waals surface area contributed by atoms with Crippen molar-refractivity contribution < 1.29 is 22.3 Å². The van der Waals surface area contributed by atoms with Crippen LogP contribution in [0, 0.1) is 5.82 Å². The van der Waals surface area contributed by atoms with Crippen LogP contribution in [0.1, 0.15) is 26.2 Å². The zero-order valence-corrected chi connectivity index (χ0v) is 11.7. The summed E-state index contributed by atoms with van der Waals surface area (Å²) in [6.07, 6.45) is -2.31. The summed E-state index contributed by atoms with van der Waals surface area (Å²) in [5, 5.41) is 0. The second kappa shape index (κ2) is 5.99. The van der Waals surface area contributed by atoms with E-state index in [1.54, 1.807) is 0 Å². The van der Waals surface area contributed by atoms with Crippen LogP contribution >= 0.6 is 0 Å². The van der Waals surface area contributed by atoms with Gasteiger partial charge in [0.2, 0.25) is 0 Å². The molecule has 0 unspecified atom stereocenters. The molecule has 0 atom stereocenters. The summed E-state index contributed by atoms with van der Waals surface area (Å²) in [7, 11) is 0. The average molecular weight is 306 g/mol. The Labute approximate surface area is 120 Å². The molecule has 2 rings (SSSR count). The predicted molar refractivity (Wildman–Crippen MR) is 73.0 cm³/mol. The van der Waals surface area contributed by atoms with E-state index < -0.39 is 18.5 Å². The molecule has 0 spiro atoms. The Kier molecular flexibility index (Phi) is 4.49. The van der Waals surface area contributed by atoms with Gasteiger partial charge in [-0.3, -0.25) is 0 Å². The quantitative estimate of drug-likeness (QED) is 0.643. The summed E-state index contributed by atoms with van der Waals surface area (Å²) >= 11 is 0. The van der Waals surface area contributed by atoms with Gasteiger partial charge < -0.3 is 15.4 Å². The fourth-order valence-corrected chi connectivity index (χ4v) is 2.12. The van der Waals surface area contributed by atoms with Gasteiger partial charge in [0.25, 0.3) is 0 Å². The SMILES string of the molecule is CCCOc1cc(N(CC(F)(F)F)C2CC2)c(N)cc1F. The van der Waals surface area contributed by atoms with Crippen LogP contribution in [0.2, 0.25) is 0 Å². The highest BCUT2D eigenvalue weighted by atomic mass is 19.4. The molecule has 0 bridgehead atoms. The van der Waals surface area contributed by atoms with Gasteiger partial charge in [0.05, 0.1) is 18.0 Å². The molecule has 1 aromatic carbocycles. The highest BCUT2D eigenvalue weighted by Crippen LogP contribution is 2.39. The largest absolute Gasteiger partial charge is 0.490 e. The van der Waals surface area contributed by atoms with Gasteiger partial charge in [-0.1, -0.05) is 6.92 Å². The maximum atomic E-state index is 13.7. The molecule has 0 amide bonds. The van der Waals surface area contributed by atoms with Gasteiger partial charge >= 0.3 is 6.18 Å². The van der Waals surface area contributed by atoms with E-state index in [9.17, 15) is 17.6 Å². The van der Waals surface area contributed by atoms with Gasteiger partial charge in [0, 0.05) is 18.2 Å². The van der Waals surface area contributed by atoms with Crippen molar-refractivity contribution in [1.82, 2.24) is 0 Å². The minimum atomic E-state index is -4.34. The maximum Gasteiger partial charge on any atom is 0.405 e. The lowest BCUT2D eigenvalue weighted by molar-refractivity contribution is -0.119. The second-order valence-electron chi connectivity index (χ2n) is 5.16. The zero-order chi connectivity index (χ0) is 15.6. The van der Waals surface area contributed by atoms with Gasteiger partial charge in [-0.2, -0.15) is 13.2 Å². The molecule has 3 nitrogen and oxygen atoms in total. The molecule has 1 aromatic rings. The van der Waals surface area contributed by atoms with Crippen molar-refractivity contribution in [3.05, 3.63) is 17.9 Å². The first-order valence-corrected chi connectivity index (χ1v) is 6.87. The van der Waals surface area contributed by atoms with Crippen molar-refractivity contribution in [1.29, 1.82) is 0 Å². The topological polar surface area (TPSA) is 38.5 Å². The highest BCUT2D eigenvalue weighted by Gasteiger charge is 2.39. The van der Waals surface area contributed by atoms with Gasteiger partial charge in [-0.25, -0.2) is 4.39 Å². The molecule has 0 aromatic heterocycles. The summed E-state index contributed by atoms with van der Waals surface area (Å²) < 4.78 is 57.1. The molecule has 1 aliphatic carbocycles. The van der Waals surface area contributed by atoms with Gasteiger partial charge in [0.15, 0.2) is 11.6 Å². The van der Waals surface area contributed by atoms with Crippen molar-refractivity contribution in [3.63, 3.8) is 0 Å². The summed E-state index contributed by atoms with van der Waals surface area (Å²) in [4.78, 5) is 1.19. The number of nitrogens with zero attached hydrogens (tertiary/aromatic N) is 1. The van der Waals surface area contributed by atoms with Gasteiger partial charge in [-0.15, -0.1) is 0 Å². The third-order valence-corrected chi connectivity index (χ3v) is 3.19. The molecule has 7 heteroatoms. The van der Waals surface area contributed by atoms with E-state index in [1.165, 1.54) is 11.0 Å². The molecule has 118 valence electrons. The smallest absolute Gasteiger partial charge is 0.405 e. The number of nitrogens with two attached hydrogens (primary N) is 1. The van der Waals surface area contributed by atoms with Crippen molar-refractivity contribution >= 4 is 11.4 Å². The monoisotopic (exact) mass is 306 g/mol. The number of rotatable bonds is 6. The van der Waals surface area contributed by atoms with E-state index in [0.29, 0.717) is 25.9 Å². The molecular formula is C14H18F4N2O. The van der Waals surface area contributed by atoms with E-state index in [-0.39, 0.29) is 23.2 Å². The summed E-state index contributed by atoms with van der Waals surface area (Å²) in [5.74, 6) is -0.721. The molecule has 0 aliphatic heterocycles. The molecule has 21 heavy (non-hydrogen) atoms. The highest BCUT2D eigenvalue weighted by molar-refractivity contribution is 5.71. The number of halogens is 4. The molecule has 1 fully saturated rings. The first-order chi connectivity index (χ1) is 9.81. The number of benzene rings is 1. The van der Waals surface area contributed by atoms with E-state index >= 15 is 0 Å². The molecule has 0 heterocycles. The Morgan fingerprint density at radius 1 is 1.33 bits per heavy atom. The maximum absolute atomic E-state index is 13.7. The summed E-state index contributed by atoms with van der Waals surface area (Å²) in [6.45, 7) is 1.06. The number of alkyl halides is 3. The molecule has 0 radical (unpaired) electrons. The third kappa shape index (κ3) is 4.15. The van der Waals surface area contributed by atoms with Crippen molar-refractivity contribution in [2.75, 3.05) is 23.8 Å². The lowest BCUT2D eigenvalue weighted by Crippen LogP contribution is -2.36. The Bertz CT molecular complexity index is 500. The van der Waals surface area contributed by atoms with Crippen LogP contribution in [0.25, 0.3) is 0 Å². The molecule has 0 saturated heterocycles. The third-order valence-electron chi connectivity index (χ3n) is 3.19. The Morgan fingerprint density at radius 2 is 2.00 bits per heavy atom. The van der Waals surface area contributed by atoms with E-state index in [1.807, 2.05) is 6.92 Å². The van der Waals surface area contributed by atoms with Crippen molar-refractivity contribution in [2.24, 2.45) is 0 Å². The average Bonchev–Trinajstić information content (AvgIpc) is 3.18.